The van der Waals surface area contributed by atoms with Crippen molar-refractivity contribution in [2.75, 3.05) is 32.5 Å². The Morgan fingerprint density at radius 1 is 1.00 bits per heavy atom. The first-order chi connectivity index (χ1) is 16.1. The van der Waals surface area contributed by atoms with E-state index in [2.05, 4.69) is 10.0 Å². The first-order valence-corrected chi connectivity index (χ1v) is 12.4. The van der Waals surface area contributed by atoms with Crippen LogP contribution < -0.4 is 14.8 Å². The number of carbonyl (C=O) groups excluding carboxylic acids is 1. The average Bonchev–Trinajstić information content (AvgIpc) is 2.80. The summed E-state index contributed by atoms with van der Waals surface area (Å²) < 4.78 is 34.1. The standard InChI is InChI=1S/C26H31N3O4S/c1-18-10-14-21(15-11-18)28-34(31,32)25-16-20(13-12-19(25)2)26(30)27-17-23(29(3)4)22-8-6-7-9-24(22)33-5/h6-16,23,28H,17H2,1-5H3,(H,27,30). The third kappa shape index (κ3) is 5.95. The van der Waals surface area contributed by atoms with E-state index in [1.54, 1.807) is 38.3 Å². The van der Waals surface area contributed by atoms with E-state index < -0.39 is 10.0 Å². The second-order valence-corrected chi connectivity index (χ2v) is 10.0. The van der Waals surface area contributed by atoms with Crippen molar-refractivity contribution < 1.29 is 17.9 Å². The van der Waals surface area contributed by atoms with Crippen LogP contribution in [0.1, 0.15) is 33.1 Å². The van der Waals surface area contributed by atoms with Crippen molar-refractivity contribution in [1.29, 1.82) is 0 Å². The Hall–Kier alpha value is -3.36. The number of ether oxygens (including phenoxy) is 1. The molecular weight excluding hydrogens is 450 g/mol. The van der Waals surface area contributed by atoms with Crippen LogP contribution in [0.2, 0.25) is 0 Å². The molecule has 7 nitrogen and oxygen atoms in total. The predicted molar refractivity (Wildman–Crippen MR) is 135 cm³/mol. The fraction of sp³-hybridized carbons (Fsp3) is 0.269. The molecule has 0 spiro atoms. The molecule has 3 rings (SSSR count). The number of amides is 1. The van der Waals surface area contributed by atoms with Crippen LogP contribution in [0, 0.1) is 13.8 Å². The number of hydrogen-bond acceptors (Lipinski definition) is 5. The monoisotopic (exact) mass is 481 g/mol. The minimum absolute atomic E-state index is 0.0645. The van der Waals surface area contributed by atoms with Gasteiger partial charge in [-0.05, 0) is 63.8 Å². The van der Waals surface area contributed by atoms with Gasteiger partial charge in [0.15, 0.2) is 0 Å². The molecule has 1 atom stereocenters. The normalized spacial score (nSPS) is 12.3. The van der Waals surface area contributed by atoms with Crippen molar-refractivity contribution in [3.8, 4) is 5.75 Å². The summed E-state index contributed by atoms with van der Waals surface area (Å²) in [6, 6.07) is 19.3. The number of aryl methyl sites for hydroxylation is 2. The molecule has 3 aromatic rings. The van der Waals surface area contributed by atoms with Gasteiger partial charge in [-0.3, -0.25) is 9.52 Å². The van der Waals surface area contributed by atoms with Gasteiger partial charge in [0.1, 0.15) is 5.75 Å². The number of nitrogens with zero attached hydrogens (tertiary/aromatic N) is 1. The van der Waals surface area contributed by atoms with E-state index >= 15 is 0 Å². The van der Waals surface area contributed by atoms with E-state index in [9.17, 15) is 13.2 Å². The van der Waals surface area contributed by atoms with Crippen LogP contribution in [0.4, 0.5) is 5.69 Å². The van der Waals surface area contributed by atoms with Gasteiger partial charge in [-0.1, -0.05) is 42.0 Å². The molecule has 3 aromatic carbocycles. The zero-order chi connectivity index (χ0) is 24.9. The Labute approximate surface area is 201 Å². The maximum atomic E-state index is 13.0. The quantitative estimate of drug-likeness (QED) is 0.480. The molecule has 0 bridgehead atoms. The van der Waals surface area contributed by atoms with Crippen LogP contribution in [0.15, 0.2) is 71.6 Å². The molecule has 1 unspecified atom stereocenters. The predicted octanol–water partition coefficient (Wildman–Crippen LogP) is 4.15. The van der Waals surface area contributed by atoms with Gasteiger partial charge in [0.2, 0.25) is 0 Å². The summed E-state index contributed by atoms with van der Waals surface area (Å²) in [7, 11) is 1.60. The number of sulfonamides is 1. The van der Waals surface area contributed by atoms with Crippen LogP contribution in [0.3, 0.4) is 0 Å². The molecule has 8 heteroatoms. The van der Waals surface area contributed by atoms with Crippen LogP contribution in [-0.2, 0) is 10.0 Å². The van der Waals surface area contributed by atoms with Crippen LogP contribution >= 0.6 is 0 Å². The van der Waals surface area contributed by atoms with Crippen molar-refractivity contribution in [1.82, 2.24) is 10.2 Å². The zero-order valence-corrected chi connectivity index (χ0v) is 20.9. The highest BCUT2D eigenvalue weighted by atomic mass is 32.2. The molecule has 0 saturated heterocycles. The molecule has 0 aromatic heterocycles. The number of anilines is 1. The van der Waals surface area contributed by atoms with Crippen LogP contribution in [0.5, 0.6) is 5.75 Å². The molecule has 0 radical (unpaired) electrons. The van der Waals surface area contributed by atoms with Crippen molar-refractivity contribution in [2.45, 2.75) is 24.8 Å². The van der Waals surface area contributed by atoms with Gasteiger partial charge >= 0.3 is 0 Å². The SMILES string of the molecule is COc1ccccc1C(CNC(=O)c1ccc(C)c(S(=O)(=O)Nc2ccc(C)cc2)c1)N(C)C. The van der Waals surface area contributed by atoms with E-state index in [4.69, 9.17) is 4.74 Å². The largest absolute Gasteiger partial charge is 0.496 e. The van der Waals surface area contributed by atoms with E-state index in [0.717, 1.165) is 16.9 Å². The van der Waals surface area contributed by atoms with Crippen molar-refractivity contribution in [2.24, 2.45) is 0 Å². The van der Waals surface area contributed by atoms with Crippen LogP contribution in [0.25, 0.3) is 0 Å². The van der Waals surface area contributed by atoms with Crippen molar-refractivity contribution >= 4 is 21.6 Å². The summed E-state index contributed by atoms with van der Waals surface area (Å²) >= 11 is 0. The van der Waals surface area contributed by atoms with Gasteiger partial charge in [-0.25, -0.2) is 8.42 Å². The number of methoxy groups -OCH3 is 1. The number of hydrogen-bond donors (Lipinski definition) is 2. The van der Waals surface area contributed by atoms with Crippen molar-refractivity contribution in [3.63, 3.8) is 0 Å². The number of rotatable bonds is 9. The molecule has 1 amide bonds. The molecule has 0 aliphatic carbocycles. The lowest BCUT2D eigenvalue weighted by molar-refractivity contribution is 0.0941. The molecule has 0 aliphatic heterocycles. The van der Waals surface area contributed by atoms with Gasteiger partial charge in [0.05, 0.1) is 18.0 Å². The number of likely N-dealkylation sites (N-methyl/N-ethyl adjacent to an activating group) is 1. The number of para-hydroxylation sites is 1. The number of carbonyl (C=O) groups is 1. The first-order valence-electron chi connectivity index (χ1n) is 10.9. The highest BCUT2D eigenvalue weighted by Gasteiger charge is 2.22. The smallest absolute Gasteiger partial charge is 0.262 e. The lowest BCUT2D eigenvalue weighted by atomic mass is 10.0. The molecular formula is C26H31N3O4S. The first kappa shape index (κ1) is 25.3. The summed E-state index contributed by atoms with van der Waals surface area (Å²) in [5, 5.41) is 2.93. The second kappa shape index (κ2) is 10.7. The Balaban J connectivity index is 1.80. The summed E-state index contributed by atoms with van der Waals surface area (Å²) in [4.78, 5) is 15.0. The van der Waals surface area contributed by atoms with Gasteiger partial charge in [-0.2, -0.15) is 0 Å². The fourth-order valence-electron chi connectivity index (χ4n) is 3.67. The summed E-state index contributed by atoms with van der Waals surface area (Å²) in [5.74, 6) is 0.384. The average molecular weight is 482 g/mol. The van der Waals surface area contributed by atoms with E-state index in [0.29, 0.717) is 17.8 Å². The molecule has 34 heavy (non-hydrogen) atoms. The minimum Gasteiger partial charge on any atom is -0.496 e. The van der Waals surface area contributed by atoms with Crippen LogP contribution in [-0.4, -0.2) is 47.0 Å². The molecule has 2 N–H and O–H groups in total. The van der Waals surface area contributed by atoms with E-state index in [1.807, 2.05) is 62.3 Å². The maximum absolute atomic E-state index is 13.0. The minimum atomic E-state index is -3.86. The molecule has 180 valence electrons. The molecule has 0 heterocycles. The molecule has 0 fully saturated rings. The van der Waals surface area contributed by atoms with E-state index in [1.165, 1.54) is 6.07 Å². The lowest BCUT2D eigenvalue weighted by Crippen LogP contribution is -2.34. The zero-order valence-electron chi connectivity index (χ0n) is 20.1. The molecule has 0 saturated carbocycles. The Kier molecular flexibility index (Phi) is 7.96. The highest BCUT2D eigenvalue weighted by Crippen LogP contribution is 2.27. The van der Waals surface area contributed by atoms with Gasteiger partial charge in [0, 0.05) is 23.4 Å². The van der Waals surface area contributed by atoms with Gasteiger partial charge in [-0.15, -0.1) is 0 Å². The Morgan fingerprint density at radius 3 is 2.32 bits per heavy atom. The topological polar surface area (TPSA) is 87.7 Å². The van der Waals surface area contributed by atoms with Gasteiger partial charge in [0.25, 0.3) is 15.9 Å². The highest BCUT2D eigenvalue weighted by molar-refractivity contribution is 7.92. The second-order valence-electron chi connectivity index (χ2n) is 8.38. The fourth-order valence-corrected chi connectivity index (χ4v) is 5.00. The third-order valence-corrected chi connectivity index (χ3v) is 7.14. The third-order valence-electron chi connectivity index (χ3n) is 5.62. The van der Waals surface area contributed by atoms with Gasteiger partial charge < -0.3 is 15.0 Å². The maximum Gasteiger partial charge on any atom is 0.262 e. The number of nitrogens with one attached hydrogen (secondary N) is 2. The number of benzene rings is 3. The summed E-state index contributed by atoms with van der Waals surface area (Å²) in [6.07, 6.45) is 0. The molecule has 0 aliphatic rings. The Morgan fingerprint density at radius 2 is 1.68 bits per heavy atom. The van der Waals surface area contributed by atoms with E-state index in [-0.39, 0.29) is 22.4 Å². The summed E-state index contributed by atoms with van der Waals surface area (Å²) in [5.41, 5.74) is 3.26. The summed E-state index contributed by atoms with van der Waals surface area (Å²) in [6.45, 7) is 3.96. The van der Waals surface area contributed by atoms with Crippen molar-refractivity contribution in [3.05, 3.63) is 89.0 Å². The Bertz CT molecular complexity index is 1260. The lowest BCUT2D eigenvalue weighted by Gasteiger charge is -2.26.